The number of hydrogen-bond acceptors (Lipinski definition) is 4. The van der Waals surface area contributed by atoms with E-state index in [2.05, 4.69) is 36.7 Å². The first-order chi connectivity index (χ1) is 10.2. The maximum atomic E-state index is 8.66. The fourth-order valence-electron chi connectivity index (χ4n) is 1.89. The van der Waals surface area contributed by atoms with Crippen molar-refractivity contribution in [3.63, 3.8) is 0 Å². The van der Waals surface area contributed by atoms with Crippen molar-refractivity contribution in [1.82, 2.24) is 4.90 Å². The molecule has 0 atom stereocenters. The summed E-state index contributed by atoms with van der Waals surface area (Å²) < 4.78 is 5.73. The first-order valence-electron chi connectivity index (χ1n) is 7.20. The third-order valence-corrected chi connectivity index (χ3v) is 3.08. The average Bonchev–Trinajstić information content (AvgIpc) is 2.49. The largest absolute Gasteiger partial charge is 0.492 e. The molecule has 0 saturated heterocycles. The van der Waals surface area contributed by atoms with Crippen molar-refractivity contribution in [2.24, 2.45) is 5.73 Å². The highest BCUT2D eigenvalue weighted by molar-refractivity contribution is 5.38. The lowest BCUT2D eigenvalue weighted by atomic mass is 10.2. The molecule has 21 heavy (non-hydrogen) atoms. The molecule has 0 saturated carbocycles. The lowest BCUT2D eigenvalue weighted by Gasteiger charge is -2.25. The SMILES string of the molecule is CC(C)N(CCC#N)CCOc1ccc(C#CCN)cc1. The maximum Gasteiger partial charge on any atom is 0.119 e. The Labute approximate surface area is 127 Å². The normalized spacial score (nSPS) is 10.1. The van der Waals surface area contributed by atoms with Gasteiger partial charge in [-0.3, -0.25) is 4.90 Å². The van der Waals surface area contributed by atoms with Gasteiger partial charge in [-0.05, 0) is 38.1 Å². The molecule has 0 aromatic heterocycles. The van der Waals surface area contributed by atoms with Crippen LogP contribution < -0.4 is 10.5 Å². The van der Waals surface area contributed by atoms with E-state index in [0.29, 0.717) is 25.6 Å². The van der Waals surface area contributed by atoms with Crippen LogP contribution in [0.3, 0.4) is 0 Å². The molecule has 0 aliphatic heterocycles. The highest BCUT2D eigenvalue weighted by atomic mass is 16.5. The lowest BCUT2D eigenvalue weighted by molar-refractivity contribution is 0.179. The van der Waals surface area contributed by atoms with E-state index in [1.54, 1.807) is 0 Å². The lowest BCUT2D eigenvalue weighted by Crippen LogP contribution is -2.35. The molecular formula is C17H23N3O. The zero-order valence-electron chi connectivity index (χ0n) is 12.8. The molecule has 0 spiro atoms. The first-order valence-corrected chi connectivity index (χ1v) is 7.20. The van der Waals surface area contributed by atoms with Gasteiger partial charge >= 0.3 is 0 Å². The van der Waals surface area contributed by atoms with Gasteiger partial charge < -0.3 is 10.5 Å². The molecule has 0 heterocycles. The third-order valence-electron chi connectivity index (χ3n) is 3.08. The van der Waals surface area contributed by atoms with E-state index in [4.69, 9.17) is 15.7 Å². The van der Waals surface area contributed by atoms with E-state index in [-0.39, 0.29) is 0 Å². The van der Waals surface area contributed by atoms with Crippen LogP contribution in [0.25, 0.3) is 0 Å². The Hall–Kier alpha value is -2.01. The van der Waals surface area contributed by atoms with Crippen molar-refractivity contribution < 1.29 is 4.74 Å². The molecule has 1 aromatic carbocycles. The summed E-state index contributed by atoms with van der Waals surface area (Å²) in [4.78, 5) is 2.24. The summed E-state index contributed by atoms with van der Waals surface area (Å²) in [5, 5.41) is 8.66. The van der Waals surface area contributed by atoms with Crippen LogP contribution in [0.1, 0.15) is 25.8 Å². The molecule has 112 valence electrons. The highest BCUT2D eigenvalue weighted by Crippen LogP contribution is 2.11. The van der Waals surface area contributed by atoms with Crippen molar-refractivity contribution in [2.75, 3.05) is 26.2 Å². The van der Waals surface area contributed by atoms with Gasteiger partial charge in [0.1, 0.15) is 12.4 Å². The van der Waals surface area contributed by atoms with Gasteiger partial charge in [0.05, 0.1) is 12.6 Å². The van der Waals surface area contributed by atoms with Gasteiger partial charge in [0.25, 0.3) is 0 Å². The van der Waals surface area contributed by atoms with Gasteiger partial charge in [0, 0.05) is 31.1 Å². The van der Waals surface area contributed by atoms with Crippen LogP contribution >= 0.6 is 0 Å². The Bertz CT molecular complexity index is 506. The second kappa shape index (κ2) is 9.83. The number of hydrogen-bond donors (Lipinski definition) is 1. The van der Waals surface area contributed by atoms with Crippen LogP contribution in [0.2, 0.25) is 0 Å². The molecule has 1 rings (SSSR count). The minimum absolute atomic E-state index is 0.367. The van der Waals surface area contributed by atoms with E-state index in [9.17, 15) is 0 Å². The smallest absolute Gasteiger partial charge is 0.119 e. The quantitative estimate of drug-likeness (QED) is 0.778. The highest BCUT2D eigenvalue weighted by Gasteiger charge is 2.08. The molecular weight excluding hydrogens is 262 g/mol. The van der Waals surface area contributed by atoms with Crippen molar-refractivity contribution in [1.29, 1.82) is 5.26 Å². The second-order valence-electron chi connectivity index (χ2n) is 4.92. The Morgan fingerprint density at radius 3 is 2.52 bits per heavy atom. The van der Waals surface area contributed by atoms with Gasteiger partial charge in [0.2, 0.25) is 0 Å². The van der Waals surface area contributed by atoms with Crippen LogP contribution in [0, 0.1) is 23.2 Å². The topological polar surface area (TPSA) is 62.3 Å². The molecule has 0 aliphatic carbocycles. The van der Waals surface area contributed by atoms with Crippen LogP contribution in [-0.2, 0) is 0 Å². The number of nitrogens with zero attached hydrogens (tertiary/aromatic N) is 2. The summed E-state index contributed by atoms with van der Waals surface area (Å²) in [7, 11) is 0. The van der Waals surface area contributed by atoms with Crippen molar-refractivity contribution in [3.05, 3.63) is 29.8 Å². The Kier molecular flexibility index (Phi) is 7.97. The molecule has 2 N–H and O–H groups in total. The fraction of sp³-hybridized carbons (Fsp3) is 0.471. The van der Waals surface area contributed by atoms with Crippen LogP contribution in [0.5, 0.6) is 5.75 Å². The van der Waals surface area contributed by atoms with Crippen LogP contribution in [-0.4, -0.2) is 37.2 Å². The first kappa shape index (κ1) is 17.0. The van der Waals surface area contributed by atoms with E-state index in [1.807, 2.05) is 24.3 Å². The van der Waals surface area contributed by atoms with Gasteiger partial charge in [-0.25, -0.2) is 0 Å². The number of nitrogens with two attached hydrogens (primary N) is 1. The zero-order valence-corrected chi connectivity index (χ0v) is 12.8. The summed E-state index contributed by atoms with van der Waals surface area (Å²) in [6.45, 7) is 6.83. The molecule has 0 amide bonds. The maximum absolute atomic E-state index is 8.66. The van der Waals surface area contributed by atoms with Gasteiger partial charge in [-0.2, -0.15) is 5.26 Å². The number of ether oxygens (including phenoxy) is 1. The molecule has 0 unspecified atom stereocenters. The van der Waals surface area contributed by atoms with Crippen LogP contribution in [0.15, 0.2) is 24.3 Å². The van der Waals surface area contributed by atoms with E-state index >= 15 is 0 Å². The van der Waals surface area contributed by atoms with Crippen molar-refractivity contribution in [2.45, 2.75) is 26.3 Å². The summed E-state index contributed by atoms with van der Waals surface area (Å²) in [5.41, 5.74) is 6.27. The van der Waals surface area contributed by atoms with Gasteiger partial charge in [0.15, 0.2) is 0 Å². The van der Waals surface area contributed by atoms with Crippen molar-refractivity contribution >= 4 is 0 Å². The third kappa shape index (κ3) is 6.81. The molecule has 0 fully saturated rings. The number of rotatable bonds is 7. The van der Waals surface area contributed by atoms with Gasteiger partial charge in [-0.1, -0.05) is 11.8 Å². The summed E-state index contributed by atoms with van der Waals surface area (Å²) in [6.07, 6.45) is 0.548. The van der Waals surface area contributed by atoms with E-state index in [1.165, 1.54) is 0 Å². The van der Waals surface area contributed by atoms with Crippen LogP contribution in [0.4, 0.5) is 0 Å². The minimum Gasteiger partial charge on any atom is -0.492 e. The Morgan fingerprint density at radius 2 is 1.95 bits per heavy atom. The fourth-order valence-corrected chi connectivity index (χ4v) is 1.89. The Balaban J connectivity index is 2.42. The average molecular weight is 285 g/mol. The molecule has 4 nitrogen and oxygen atoms in total. The zero-order chi connectivity index (χ0) is 15.5. The summed E-state index contributed by atoms with van der Waals surface area (Å²) in [5.74, 6) is 6.62. The molecule has 1 aromatic rings. The van der Waals surface area contributed by atoms with Crippen molar-refractivity contribution in [3.8, 4) is 23.7 Å². The predicted molar refractivity (Wildman–Crippen MR) is 84.8 cm³/mol. The minimum atomic E-state index is 0.367. The molecule has 0 aliphatic rings. The molecule has 4 heteroatoms. The monoisotopic (exact) mass is 285 g/mol. The molecule has 0 radical (unpaired) electrons. The van der Waals surface area contributed by atoms with Gasteiger partial charge in [-0.15, -0.1) is 0 Å². The standard InChI is InChI=1S/C17H23N3O/c1-15(2)20(12-4-11-19)13-14-21-17-8-6-16(7-9-17)5-3-10-18/h6-9,15H,4,10,12-14,18H2,1-2H3. The summed E-state index contributed by atoms with van der Waals surface area (Å²) in [6, 6.07) is 10.3. The summed E-state index contributed by atoms with van der Waals surface area (Å²) >= 11 is 0. The van der Waals surface area contributed by atoms with E-state index in [0.717, 1.165) is 24.4 Å². The molecule has 0 bridgehead atoms. The second-order valence-corrected chi connectivity index (χ2v) is 4.92. The Morgan fingerprint density at radius 1 is 1.24 bits per heavy atom. The predicted octanol–water partition coefficient (Wildman–Crippen LogP) is 2.00. The van der Waals surface area contributed by atoms with E-state index < -0.39 is 0 Å². The number of nitriles is 1. The number of benzene rings is 1.